The summed E-state index contributed by atoms with van der Waals surface area (Å²) in [6.45, 7) is 6.11. The first kappa shape index (κ1) is 29.0. The van der Waals surface area contributed by atoms with Crippen LogP contribution < -0.4 is 45.0 Å². The molecule has 9 nitrogen and oxygen atoms in total. The quantitative estimate of drug-likeness (QED) is 0.188. The monoisotopic (exact) mass is 568 g/mol. The van der Waals surface area contributed by atoms with Gasteiger partial charge in [0.2, 0.25) is 0 Å². The number of benzene rings is 2. The second-order valence-corrected chi connectivity index (χ2v) is 15.2. The molecule has 0 aliphatic carbocycles. The van der Waals surface area contributed by atoms with Gasteiger partial charge in [-0.3, -0.25) is 14.5 Å². The Morgan fingerprint density at radius 2 is 1.67 bits per heavy atom. The maximum Gasteiger partial charge on any atom is 1.00 e. The summed E-state index contributed by atoms with van der Waals surface area (Å²) < 4.78 is 7.85. The molecular formula is C27H25N4NaO5SSi. The Balaban J connectivity index is 0.00000353. The van der Waals surface area contributed by atoms with Gasteiger partial charge < -0.3 is 14.3 Å². The molecule has 1 saturated heterocycles. The van der Waals surface area contributed by atoms with Gasteiger partial charge in [-0.25, -0.2) is 4.68 Å². The molecule has 2 aromatic carbocycles. The second-order valence-electron chi connectivity index (χ2n) is 10.0. The Labute approximate surface area is 253 Å². The van der Waals surface area contributed by atoms with Crippen LogP contribution in [-0.2, 0) is 25.4 Å². The van der Waals surface area contributed by atoms with Gasteiger partial charge in [-0.05, 0) is 26.9 Å². The third kappa shape index (κ3) is 5.29. The van der Waals surface area contributed by atoms with Gasteiger partial charge in [0.05, 0.1) is 23.4 Å². The first-order valence-electron chi connectivity index (χ1n) is 12.0. The summed E-state index contributed by atoms with van der Waals surface area (Å²) in [6, 6.07) is 19.7. The molecule has 0 bridgehead atoms. The van der Waals surface area contributed by atoms with Crippen molar-refractivity contribution in [3.63, 3.8) is 0 Å². The molecule has 0 unspecified atom stereocenters. The Morgan fingerprint density at radius 3 is 2.21 bits per heavy atom. The number of thioether (sulfide) groups is 1. The average molecular weight is 569 g/mol. The van der Waals surface area contributed by atoms with E-state index in [1.165, 1.54) is 26.8 Å². The molecule has 1 amide bonds. The molecule has 1 atom stereocenters. The van der Waals surface area contributed by atoms with Crippen LogP contribution in [0.15, 0.2) is 83.5 Å². The molecule has 194 valence electrons. The van der Waals surface area contributed by atoms with Crippen molar-refractivity contribution >= 4 is 54.4 Å². The van der Waals surface area contributed by atoms with Gasteiger partial charge in [0.25, 0.3) is 5.91 Å². The van der Waals surface area contributed by atoms with Crippen LogP contribution in [0.25, 0.3) is 6.08 Å². The summed E-state index contributed by atoms with van der Waals surface area (Å²) in [6.07, 6.45) is 3.11. The number of carbonyl (C=O) groups is 3. The Bertz CT molecular complexity index is 1430. The first-order valence-corrected chi connectivity index (χ1v) is 14.8. The van der Waals surface area contributed by atoms with Gasteiger partial charge in [-0.1, -0.05) is 86.6 Å². The van der Waals surface area contributed by atoms with E-state index in [0.29, 0.717) is 11.3 Å². The normalized spacial score (nSPS) is 17.7. The molecule has 0 saturated carbocycles. The van der Waals surface area contributed by atoms with Crippen LogP contribution in [0.5, 0.6) is 0 Å². The number of amides is 1. The third-order valence-corrected chi connectivity index (χ3v) is 12.6. The fourth-order valence-electron chi connectivity index (χ4n) is 4.86. The van der Waals surface area contributed by atoms with Crippen LogP contribution in [0.2, 0.25) is 5.04 Å². The molecule has 3 heterocycles. The minimum Gasteiger partial charge on any atom is -0.543 e. The number of carboxylic acid groups (broad SMARTS) is 1. The van der Waals surface area contributed by atoms with E-state index in [2.05, 4.69) is 31.1 Å². The summed E-state index contributed by atoms with van der Waals surface area (Å²) in [4.78, 5) is 38.2. The molecule has 12 heteroatoms. The fraction of sp³-hybridized carbons (Fsp3) is 0.222. The van der Waals surface area contributed by atoms with Crippen molar-refractivity contribution in [1.29, 1.82) is 0 Å². The number of carbonyl (C=O) groups excluding carboxylic acids is 3. The Hall–Kier alpha value is -2.96. The molecular weight excluding hydrogens is 543 g/mol. The molecule has 2 aliphatic heterocycles. The van der Waals surface area contributed by atoms with Crippen molar-refractivity contribution in [3.8, 4) is 0 Å². The van der Waals surface area contributed by atoms with Crippen molar-refractivity contribution in [3.05, 3.63) is 89.2 Å². The smallest absolute Gasteiger partial charge is 0.543 e. The van der Waals surface area contributed by atoms with Crippen LogP contribution in [0.4, 0.5) is 0 Å². The largest absolute Gasteiger partial charge is 1.00 e. The number of carboxylic acids is 1. The summed E-state index contributed by atoms with van der Waals surface area (Å²) in [5.74, 6) is -2.25. The molecule has 39 heavy (non-hydrogen) atoms. The number of hydrogen-bond acceptors (Lipinski definition) is 8. The SMILES string of the molecule is CC(C)(C)[Si](OC(=O)Cn1cc(/C=C2\C(=O)N3C(C(=O)[O-])=CS[C@H]23)nn1)(c1ccccc1)c1ccccc1.[Na+]. The van der Waals surface area contributed by atoms with Crippen LogP contribution in [0.3, 0.4) is 0 Å². The number of hydrogen-bond donors (Lipinski definition) is 0. The van der Waals surface area contributed by atoms with Crippen LogP contribution in [0.1, 0.15) is 26.5 Å². The van der Waals surface area contributed by atoms with E-state index in [9.17, 15) is 19.5 Å². The maximum atomic E-state index is 13.4. The minimum atomic E-state index is -3.06. The molecule has 0 spiro atoms. The van der Waals surface area contributed by atoms with Crippen molar-refractivity contribution in [2.45, 2.75) is 37.7 Å². The zero-order valence-corrected chi connectivity index (χ0v) is 25.8. The first-order chi connectivity index (χ1) is 18.1. The zero-order chi connectivity index (χ0) is 27.1. The molecule has 2 aliphatic rings. The fourth-order valence-corrected chi connectivity index (χ4v) is 10.3. The van der Waals surface area contributed by atoms with E-state index in [-0.39, 0.29) is 46.8 Å². The molecule has 5 rings (SSSR count). The van der Waals surface area contributed by atoms with Crippen molar-refractivity contribution in [1.82, 2.24) is 19.9 Å². The number of aliphatic carboxylic acids is 1. The van der Waals surface area contributed by atoms with Gasteiger partial charge in [0.1, 0.15) is 17.6 Å². The van der Waals surface area contributed by atoms with E-state index in [0.717, 1.165) is 10.4 Å². The van der Waals surface area contributed by atoms with Gasteiger partial charge in [0, 0.05) is 0 Å². The molecule has 0 N–H and O–H groups in total. The van der Waals surface area contributed by atoms with Crippen molar-refractivity contribution < 1.29 is 53.5 Å². The van der Waals surface area contributed by atoms with E-state index in [1.54, 1.807) is 12.3 Å². The molecule has 1 aromatic heterocycles. The summed E-state index contributed by atoms with van der Waals surface area (Å²) >= 11 is 1.21. The Kier molecular flexibility index (Phi) is 8.38. The molecule has 0 radical (unpaired) electrons. The van der Waals surface area contributed by atoms with Gasteiger partial charge in [-0.2, -0.15) is 0 Å². The van der Waals surface area contributed by atoms with Gasteiger partial charge in [0.15, 0.2) is 0 Å². The summed E-state index contributed by atoms with van der Waals surface area (Å²) in [7, 11) is -3.06. The average Bonchev–Trinajstić information content (AvgIpc) is 3.51. The number of fused-ring (bicyclic) bond motifs is 1. The Morgan fingerprint density at radius 1 is 1.08 bits per heavy atom. The second kappa shape index (κ2) is 11.3. The van der Waals surface area contributed by atoms with Crippen molar-refractivity contribution in [2.24, 2.45) is 0 Å². The van der Waals surface area contributed by atoms with Crippen LogP contribution in [0, 0.1) is 0 Å². The van der Waals surface area contributed by atoms with E-state index >= 15 is 0 Å². The van der Waals surface area contributed by atoms with Crippen LogP contribution >= 0.6 is 11.8 Å². The third-order valence-electron chi connectivity index (χ3n) is 6.58. The topological polar surface area (TPSA) is 117 Å². The van der Waals surface area contributed by atoms with Crippen LogP contribution in [-0.4, -0.2) is 51.4 Å². The van der Waals surface area contributed by atoms with E-state index in [1.807, 2.05) is 60.7 Å². The standard InChI is InChI=1S/C27H26N4O5SSi.Na/c1-27(2,3)38(19-10-6-4-7-11-19,20-12-8-5-9-13-20)36-23(32)16-30-15-18(28-29-30)14-21-24(33)31-22(26(34)35)17-37-25(21)31;/h4-15,17,25H,16H2,1-3H3,(H,34,35);/q;+1/p-1/b21-14+;/t25-;/m1./s1. The summed E-state index contributed by atoms with van der Waals surface area (Å²) in [5, 5.41) is 21.9. The number of nitrogens with zero attached hydrogens (tertiary/aromatic N) is 4. The van der Waals surface area contributed by atoms with E-state index < -0.39 is 31.5 Å². The predicted molar refractivity (Wildman–Crippen MR) is 143 cm³/mol. The number of β-lactam (4-membered cyclic amide) rings is 1. The molecule has 3 aromatic rings. The number of rotatable bonds is 7. The summed E-state index contributed by atoms with van der Waals surface area (Å²) in [5.41, 5.74) is 0.648. The molecule has 1 fully saturated rings. The van der Waals surface area contributed by atoms with Crippen molar-refractivity contribution in [2.75, 3.05) is 0 Å². The maximum absolute atomic E-state index is 13.4. The van der Waals surface area contributed by atoms with E-state index in [4.69, 9.17) is 4.43 Å². The number of aromatic nitrogens is 3. The van der Waals surface area contributed by atoms with Gasteiger partial charge >= 0.3 is 43.8 Å². The zero-order valence-electron chi connectivity index (χ0n) is 22.0. The minimum absolute atomic E-state index is 0. The predicted octanol–water partition coefficient (Wildman–Crippen LogP) is -1.72. The van der Waals surface area contributed by atoms with Gasteiger partial charge in [-0.15, -0.1) is 16.9 Å².